The molecular weight excluding hydrogens is 258 g/mol. The third kappa shape index (κ3) is 3.41. The number of nitrogens with one attached hydrogen (secondary N) is 1. The zero-order valence-electron chi connectivity index (χ0n) is 12.3. The van der Waals surface area contributed by atoms with Crippen LogP contribution >= 0.6 is 0 Å². The molecule has 3 unspecified atom stereocenters. The predicted molar refractivity (Wildman–Crippen MR) is 74.7 cm³/mol. The Bertz CT molecular complexity index is 443. The molecule has 1 aliphatic rings. The quantitative estimate of drug-likeness (QED) is 0.812. The first kappa shape index (κ1) is 15.1. The van der Waals surface area contributed by atoms with Crippen LogP contribution < -0.4 is 5.32 Å². The van der Waals surface area contributed by atoms with Crippen molar-refractivity contribution in [2.24, 2.45) is 0 Å². The average Bonchev–Trinajstić information content (AvgIpc) is 3.08. The molecule has 0 aliphatic carbocycles. The van der Waals surface area contributed by atoms with Crippen molar-refractivity contribution in [2.75, 3.05) is 13.7 Å². The Hall–Kier alpha value is -1.33. The molecule has 112 valence electrons. The first-order valence-corrected chi connectivity index (χ1v) is 7.22. The molecule has 5 nitrogen and oxygen atoms in total. The molecule has 1 aromatic rings. The van der Waals surface area contributed by atoms with Gasteiger partial charge in [0.05, 0.1) is 25.4 Å². The highest BCUT2D eigenvalue weighted by Crippen LogP contribution is 2.31. The number of hydrogen-bond acceptors (Lipinski definition) is 5. The van der Waals surface area contributed by atoms with Crippen molar-refractivity contribution in [3.8, 4) is 0 Å². The molecule has 0 amide bonds. The molecule has 1 N–H and O–H groups in total. The number of furan rings is 1. The first-order chi connectivity index (χ1) is 9.65. The fourth-order valence-corrected chi connectivity index (χ4v) is 2.52. The summed E-state index contributed by atoms with van der Waals surface area (Å²) in [6.07, 6.45) is 3.45. The van der Waals surface area contributed by atoms with E-state index in [-0.39, 0.29) is 24.0 Å². The fourth-order valence-electron chi connectivity index (χ4n) is 2.52. The molecular formula is C15H23NO4. The summed E-state index contributed by atoms with van der Waals surface area (Å²) in [7, 11) is 1.35. The fraction of sp³-hybridized carbons (Fsp3) is 0.667. The maximum Gasteiger partial charge on any atom is 0.373 e. The van der Waals surface area contributed by atoms with Gasteiger partial charge in [-0.2, -0.15) is 0 Å². The Morgan fingerprint density at radius 1 is 1.50 bits per heavy atom. The number of carbonyl (C=O) groups excluding carboxylic acids is 1. The van der Waals surface area contributed by atoms with Gasteiger partial charge in [0.15, 0.2) is 0 Å². The highest BCUT2D eigenvalue weighted by atomic mass is 16.5. The van der Waals surface area contributed by atoms with Gasteiger partial charge in [-0.25, -0.2) is 4.79 Å². The van der Waals surface area contributed by atoms with Crippen LogP contribution in [-0.2, 0) is 9.47 Å². The van der Waals surface area contributed by atoms with E-state index in [1.165, 1.54) is 7.11 Å². The summed E-state index contributed by atoms with van der Waals surface area (Å²) in [5, 5.41) is 3.45. The lowest BCUT2D eigenvalue weighted by molar-refractivity contribution is 0.0258. The topological polar surface area (TPSA) is 60.7 Å². The number of ether oxygens (including phenoxy) is 2. The van der Waals surface area contributed by atoms with Crippen LogP contribution in [0.15, 0.2) is 16.5 Å². The van der Waals surface area contributed by atoms with Crippen LogP contribution in [0.25, 0.3) is 0 Å². The minimum absolute atomic E-state index is 0.0155. The number of esters is 1. The normalized spacial score (nSPS) is 23.8. The molecule has 20 heavy (non-hydrogen) atoms. The zero-order chi connectivity index (χ0) is 14.5. The van der Waals surface area contributed by atoms with Crippen molar-refractivity contribution in [3.05, 3.63) is 23.7 Å². The first-order valence-electron chi connectivity index (χ1n) is 7.22. The molecule has 1 saturated heterocycles. The molecule has 2 heterocycles. The Kier molecular flexibility index (Phi) is 5.20. The summed E-state index contributed by atoms with van der Waals surface area (Å²) < 4.78 is 16.2. The summed E-state index contributed by atoms with van der Waals surface area (Å²) in [5.74, 6) is 0.515. The summed E-state index contributed by atoms with van der Waals surface area (Å²) in [6, 6.07) is 3.46. The molecule has 5 heteroatoms. The van der Waals surface area contributed by atoms with Gasteiger partial charge in [0.25, 0.3) is 0 Å². The van der Waals surface area contributed by atoms with Gasteiger partial charge in [0.1, 0.15) is 5.76 Å². The Labute approximate surface area is 119 Å². The van der Waals surface area contributed by atoms with Gasteiger partial charge < -0.3 is 19.2 Å². The number of hydrogen-bond donors (Lipinski definition) is 1. The van der Waals surface area contributed by atoms with Gasteiger partial charge in [-0.1, -0.05) is 6.92 Å². The molecule has 1 aliphatic heterocycles. The maximum absolute atomic E-state index is 11.5. The second kappa shape index (κ2) is 6.90. The lowest BCUT2D eigenvalue weighted by Crippen LogP contribution is -2.32. The van der Waals surface area contributed by atoms with E-state index in [9.17, 15) is 4.79 Å². The Balaban J connectivity index is 2.13. The zero-order valence-corrected chi connectivity index (χ0v) is 12.3. The smallest absolute Gasteiger partial charge is 0.373 e. The van der Waals surface area contributed by atoms with Crippen molar-refractivity contribution in [1.29, 1.82) is 0 Å². The Morgan fingerprint density at radius 3 is 2.90 bits per heavy atom. The summed E-state index contributed by atoms with van der Waals surface area (Å²) in [6.45, 7) is 5.08. The Morgan fingerprint density at radius 2 is 2.30 bits per heavy atom. The molecule has 0 spiro atoms. The third-order valence-corrected chi connectivity index (χ3v) is 3.57. The van der Waals surface area contributed by atoms with Crippen LogP contribution in [0.1, 0.15) is 55.5 Å². The maximum atomic E-state index is 11.5. The minimum atomic E-state index is -0.453. The number of methoxy groups -OCH3 is 1. The van der Waals surface area contributed by atoms with Crippen LogP contribution in [0.2, 0.25) is 0 Å². The molecule has 0 saturated carbocycles. The van der Waals surface area contributed by atoms with Crippen LogP contribution in [0.5, 0.6) is 0 Å². The van der Waals surface area contributed by atoms with E-state index in [1.807, 2.05) is 6.07 Å². The molecule has 1 fully saturated rings. The monoisotopic (exact) mass is 281 g/mol. The van der Waals surface area contributed by atoms with Crippen molar-refractivity contribution >= 4 is 5.97 Å². The van der Waals surface area contributed by atoms with Gasteiger partial charge in [-0.3, -0.25) is 0 Å². The van der Waals surface area contributed by atoms with E-state index < -0.39 is 5.97 Å². The lowest BCUT2D eigenvalue weighted by Gasteiger charge is -2.23. The van der Waals surface area contributed by atoms with E-state index in [2.05, 4.69) is 23.9 Å². The lowest BCUT2D eigenvalue weighted by atomic mass is 10.0. The molecule has 0 aromatic carbocycles. The SMILES string of the molecule is CCCNC(c1ccc(C(=O)OC)o1)C1CCC(C)O1. The van der Waals surface area contributed by atoms with Gasteiger partial charge >= 0.3 is 5.97 Å². The standard InChI is InChI=1S/C15H23NO4/c1-4-9-16-14(11-6-5-10(2)19-11)12-7-8-13(20-12)15(17)18-3/h7-8,10-11,14,16H,4-6,9H2,1-3H3. The van der Waals surface area contributed by atoms with Crippen molar-refractivity contribution in [1.82, 2.24) is 5.32 Å². The summed E-state index contributed by atoms with van der Waals surface area (Å²) in [4.78, 5) is 11.5. The highest BCUT2D eigenvalue weighted by Gasteiger charge is 2.32. The molecule has 1 aromatic heterocycles. The molecule has 0 bridgehead atoms. The van der Waals surface area contributed by atoms with E-state index in [1.54, 1.807) is 6.07 Å². The van der Waals surface area contributed by atoms with E-state index in [4.69, 9.17) is 9.15 Å². The highest BCUT2D eigenvalue weighted by molar-refractivity contribution is 5.86. The third-order valence-electron chi connectivity index (χ3n) is 3.57. The second-order valence-corrected chi connectivity index (χ2v) is 5.19. The number of rotatable bonds is 6. The van der Waals surface area contributed by atoms with Crippen LogP contribution in [0, 0.1) is 0 Å². The predicted octanol–water partition coefficient (Wildman–Crippen LogP) is 2.67. The molecule has 3 atom stereocenters. The van der Waals surface area contributed by atoms with Crippen molar-refractivity contribution in [2.45, 2.75) is 51.4 Å². The van der Waals surface area contributed by atoms with Crippen LogP contribution in [0.3, 0.4) is 0 Å². The van der Waals surface area contributed by atoms with Gasteiger partial charge in [0.2, 0.25) is 5.76 Å². The van der Waals surface area contributed by atoms with E-state index in [0.717, 1.165) is 31.6 Å². The minimum Gasteiger partial charge on any atom is -0.463 e. The van der Waals surface area contributed by atoms with Gasteiger partial charge in [0, 0.05) is 0 Å². The van der Waals surface area contributed by atoms with E-state index >= 15 is 0 Å². The van der Waals surface area contributed by atoms with Crippen LogP contribution in [0.4, 0.5) is 0 Å². The number of carbonyl (C=O) groups is 1. The largest absolute Gasteiger partial charge is 0.463 e. The van der Waals surface area contributed by atoms with Crippen LogP contribution in [-0.4, -0.2) is 31.8 Å². The van der Waals surface area contributed by atoms with Gasteiger partial charge in [-0.05, 0) is 44.9 Å². The molecule has 2 rings (SSSR count). The van der Waals surface area contributed by atoms with Gasteiger partial charge in [-0.15, -0.1) is 0 Å². The summed E-state index contributed by atoms with van der Waals surface area (Å²) >= 11 is 0. The van der Waals surface area contributed by atoms with E-state index in [0.29, 0.717) is 0 Å². The summed E-state index contributed by atoms with van der Waals surface area (Å²) in [5.41, 5.74) is 0. The second-order valence-electron chi connectivity index (χ2n) is 5.19. The van der Waals surface area contributed by atoms with Crippen molar-refractivity contribution in [3.63, 3.8) is 0 Å². The average molecular weight is 281 g/mol. The van der Waals surface area contributed by atoms with Crippen molar-refractivity contribution < 1.29 is 18.7 Å². The molecule has 0 radical (unpaired) electrons.